The van der Waals surface area contributed by atoms with Gasteiger partial charge >= 0.3 is 6.01 Å². The van der Waals surface area contributed by atoms with Crippen molar-refractivity contribution in [1.29, 1.82) is 0 Å². The van der Waals surface area contributed by atoms with Gasteiger partial charge in [0.15, 0.2) is 5.82 Å². The van der Waals surface area contributed by atoms with Gasteiger partial charge in [-0.3, -0.25) is 9.71 Å². The minimum absolute atomic E-state index is 0.0183. The number of nitrogens with one attached hydrogen (secondary N) is 1. The molecule has 2 aromatic carbocycles. The predicted octanol–water partition coefficient (Wildman–Crippen LogP) is 3.05. The lowest BCUT2D eigenvalue weighted by Gasteiger charge is -2.09. The number of benzene rings is 2. The van der Waals surface area contributed by atoms with Crippen molar-refractivity contribution in [2.45, 2.75) is 4.90 Å². The summed E-state index contributed by atoms with van der Waals surface area (Å²) in [6.45, 7) is 0. The first-order valence-corrected chi connectivity index (χ1v) is 10.2. The highest BCUT2D eigenvalue weighted by Gasteiger charge is 2.16. The molecular weight excluding hydrogens is 408 g/mol. The minimum atomic E-state index is -3.87. The number of rotatable bonds is 8. The fraction of sp³-hybridized carbons (Fsp3) is 0.150. The van der Waals surface area contributed by atoms with Crippen LogP contribution in [0.2, 0.25) is 0 Å². The first-order valence-electron chi connectivity index (χ1n) is 8.71. The predicted molar refractivity (Wildman–Crippen MR) is 113 cm³/mol. The lowest BCUT2D eigenvalue weighted by atomic mass is 10.2. The van der Waals surface area contributed by atoms with Gasteiger partial charge in [0, 0.05) is 12.3 Å². The molecule has 0 radical (unpaired) electrons. The number of methoxy groups -OCH3 is 3. The van der Waals surface area contributed by atoms with Crippen LogP contribution in [0, 0.1) is 0 Å². The van der Waals surface area contributed by atoms with E-state index in [9.17, 15) is 8.42 Å². The van der Waals surface area contributed by atoms with Crippen LogP contribution in [0.15, 0.2) is 64.5 Å². The van der Waals surface area contributed by atoms with Crippen molar-refractivity contribution >= 4 is 27.7 Å². The van der Waals surface area contributed by atoms with Gasteiger partial charge in [-0.15, -0.1) is 0 Å². The van der Waals surface area contributed by atoms with Crippen LogP contribution in [0.25, 0.3) is 0 Å². The van der Waals surface area contributed by atoms with Gasteiger partial charge in [0.2, 0.25) is 5.88 Å². The Morgan fingerprint density at radius 3 is 2.20 bits per heavy atom. The smallest absolute Gasteiger partial charge is 0.321 e. The molecule has 0 aliphatic rings. The maximum atomic E-state index is 12.6. The van der Waals surface area contributed by atoms with Crippen LogP contribution in [-0.2, 0) is 10.0 Å². The van der Waals surface area contributed by atoms with E-state index in [1.54, 1.807) is 25.5 Å². The molecule has 30 heavy (non-hydrogen) atoms. The van der Waals surface area contributed by atoms with Crippen molar-refractivity contribution in [3.63, 3.8) is 0 Å². The van der Waals surface area contributed by atoms with Crippen LogP contribution in [0.3, 0.4) is 0 Å². The number of sulfonamides is 1. The van der Waals surface area contributed by atoms with E-state index in [4.69, 9.17) is 14.2 Å². The molecule has 0 fully saturated rings. The van der Waals surface area contributed by atoms with E-state index in [0.29, 0.717) is 5.69 Å². The average Bonchev–Trinajstić information content (AvgIpc) is 2.77. The van der Waals surface area contributed by atoms with E-state index in [-0.39, 0.29) is 22.6 Å². The topological polar surface area (TPSA) is 112 Å². The quantitative estimate of drug-likeness (QED) is 0.549. The molecule has 1 heterocycles. The fourth-order valence-electron chi connectivity index (χ4n) is 2.40. The largest absolute Gasteiger partial charge is 0.497 e. The zero-order chi connectivity index (χ0) is 21.6. The summed E-state index contributed by atoms with van der Waals surface area (Å²) in [4.78, 5) is 12.3. The standard InChI is InChI=1S/C20H20N4O5S/c1-27-16-8-4-14(5-9-16)13-21-15-6-10-17(11-7-15)30(25,26)24-18-12-19(28-2)23-20(22-18)29-3/h4-13H,1-3H3,(H,22,23,24). The van der Waals surface area contributed by atoms with E-state index in [1.165, 1.54) is 32.4 Å². The van der Waals surface area contributed by atoms with Gasteiger partial charge in [0.1, 0.15) is 5.75 Å². The Kier molecular flexibility index (Phi) is 6.48. The molecule has 0 atom stereocenters. The van der Waals surface area contributed by atoms with Gasteiger partial charge < -0.3 is 14.2 Å². The van der Waals surface area contributed by atoms with Crippen LogP contribution in [-0.4, -0.2) is 45.9 Å². The Bertz CT molecular complexity index is 1110. The third kappa shape index (κ3) is 5.23. The van der Waals surface area contributed by atoms with Crippen molar-refractivity contribution in [2.75, 3.05) is 26.1 Å². The fourth-order valence-corrected chi connectivity index (χ4v) is 3.39. The molecule has 0 bridgehead atoms. The molecule has 0 amide bonds. The van der Waals surface area contributed by atoms with E-state index in [2.05, 4.69) is 19.7 Å². The second kappa shape index (κ2) is 9.23. The van der Waals surface area contributed by atoms with Crippen molar-refractivity contribution in [1.82, 2.24) is 9.97 Å². The number of aliphatic imine (C=N–C) groups is 1. The second-order valence-corrected chi connectivity index (χ2v) is 7.60. The second-order valence-electron chi connectivity index (χ2n) is 5.91. The van der Waals surface area contributed by atoms with Gasteiger partial charge in [-0.2, -0.15) is 9.97 Å². The molecule has 3 aromatic rings. The summed E-state index contributed by atoms with van der Waals surface area (Å²) in [5, 5.41) is 0. The molecule has 0 aliphatic heterocycles. The van der Waals surface area contributed by atoms with Crippen molar-refractivity contribution < 1.29 is 22.6 Å². The van der Waals surface area contributed by atoms with Crippen LogP contribution in [0.4, 0.5) is 11.5 Å². The normalized spacial score (nSPS) is 11.3. The third-order valence-electron chi connectivity index (χ3n) is 3.94. The molecule has 0 spiro atoms. The Morgan fingerprint density at radius 2 is 1.60 bits per heavy atom. The monoisotopic (exact) mass is 428 g/mol. The lowest BCUT2D eigenvalue weighted by molar-refractivity contribution is 0.353. The lowest BCUT2D eigenvalue weighted by Crippen LogP contribution is -2.14. The maximum Gasteiger partial charge on any atom is 0.321 e. The summed E-state index contributed by atoms with van der Waals surface area (Å²) < 4.78 is 42.8. The number of hydrogen-bond donors (Lipinski definition) is 1. The molecule has 156 valence electrons. The Morgan fingerprint density at radius 1 is 0.900 bits per heavy atom. The number of nitrogens with zero attached hydrogens (tertiary/aromatic N) is 3. The molecule has 0 saturated carbocycles. The molecule has 0 unspecified atom stereocenters. The Balaban J connectivity index is 1.75. The zero-order valence-electron chi connectivity index (χ0n) is 16.6. The van der Waals surface area contributed by atoms with E-state index >= 15 is 0 Å². The van der Waals surface area contributed by atoms with E-state index < -0.39 is 10.0 Å². The SMILES string of the molecule is COc1ccc(C=Nc2ccc(S(=O)(=O)Nc3cc(OC)nc(OC)n3)cc2)cc1. The van der Waals surface area contributed by atoms with Gasteiger partial charge in [-0.05, 0) is 54.1 Å². The van der Waals surface area contributed by atoms with Crippen LogP contribution < -0.4 is 18.9 Å². The van der Waals surface area contributed by atoms with Crippen LogP contribution in [0.5, 0.6) is 17.6 Å². The summed E-state index contributed by atoms with van der Waals surface area (Å²) in [5.74, 6) is 0.955. The number of ether oxygens (including phenoxy) is 3. The highest BCUT2D eigenvalue weighted by Crippen LogP contribution is 2.22. The zero-order valence-corrected chi connectivity index (χ0v) is 17.4. The molecule has 9 nitrogen and oxygen atoms in total. The average molecular weight is 428 g/mol. The number of hydrogen-bond acceptors (Lipinski definition) is 8. The molecule has 3 rings (SSSR count). The summed E-state index contributed by atoms with van der Waals surface area (Å²) in [7, 11) is 0.512. The molecule has 1 N–H and O–H groups in total. The highest BCUT2D eigenvalue weighted by atomic mass is 32.2. The Labute approximate surface area is 174 Å². The maximum absolute atomic E-state index is 12.6. The van der Waals surface area contributed by atoms with Gasteiger partial charge in [0.25, 0.3) is 10.0 Å². The molecule has 0 aliphatic carbocycles. The van der Waals surface area contributed by atoms with Gasteiger partial charge in [-0.25, -0.2) is 8.42 Å². The van der Waals surface area contributed by atoms with E-state index in [1.807, 2.05) is 24.3 Å². The number of aromatic nitrogens is 2. The van der Waals surface area contributed by atoms with E-state index in [0.717, 1.165) is 11.3 Å². The van der Waals surface area contributed by atoms with Crippen molar-refractivity contribution in [2.24, 2.45) is 4.99 Å². The third-order valence-corrected chi connectivity index (χ3v) is 5.31. The molecule has 10 heteroatoms. The summed E-state index contributed by atoms with van der Waals surface area (Å²) in [6, 6.07) is 14.9. The molecular formula is C20H20N4O5S. The van der Waals surface area contributed by atoms with Crippen LogP contribution in [0.1, 0.15) is 5.56 Å². The molecule has 1 aromatic heterocycles. The van der Waals surface area contributed by atoms with Crippen molar-refractivity contribution in [3.8, 4) is 17.6 Å². The van der Waals surface area contributed by atoms with Crippen LogP contribution >= 0.6 is 0 Å². The summed E-state index contributed by atoms with van der Waals surface area (Å²) >= 11 is 0. The highest BCUT2D eigenvalue weighted by molar-refractivity contribution is 7.92. The first-order chi connectivity index (χ1) is 14.4. The minimum Gasteiger partial charge on any atom is -0.497 e. The summed E-state index contributed by atoms with van der Waals surface area (Å²) in [5.41, 5.74) is 1.50. The summed E-state index contributed by atoms with van der Waals surface area (Å²) in [6.07, 6.45) is 1.68. The number of anilines is 1. The van der Waals surface area contributed by atoms with Crippen molar-refractivity contribution in [3.05, 3.63) is 60.2 Å². The molecule has 0 saturated heterocycles. The van der Waals surface area contributed by atoms with Gasteiger partial charge in [0.05, 0.1) is 31.9 Å². The first kappa shape index (κ1) is 21.1. The Hall–Kier alpha value is -3.66. The van der Waals surface area contributed by atoms with Gasteiger partial charge in [-0.1, -0.05) is 0 Å².